The first-order valence-electron chi connectivity index (χ1n) is 5.00. The molecule has 0 aromatic rings. The van der Waals surface area contributed by atoms with Gasteiger partial charge in [0.25, 0.3) is 0 Å². The summed E-state index contributed by atoms with van der Waals surface area (Å²) in [6.45, 7) is 5.34. The molecule has 0 aliphatic heterocycles. The normalized spacial score (nSPS) is 41.9. The van der Waals surface area contributed by atoms with Gasteiger partial charge in [0.05, 0.1) is 0 Å². The van der Waals surface area contributed by atoms with Crippen LogP contribution in [0.1, 0.15) is 26.2 Å². The monoisotopic (exact) mass is 180 g/mol. The lowest BCUT2D eigenvalue weighted by atomic mass is 9.87. The van der Waals surface area contributed by atoms with E-state index in [0.29, 0.717) is 11.8 Å². The number of ether oxygens (including phenoxy) is 1. The zero-order chi connectivity index (χ0) is 9.42. The molecule has 2 heteroatoms. The van der Waals surface area contributed by atoms with E-state index in [0.717, 1.165) is 12.3 Å². The van der Waals surface area contributed by atoms with Gasteiger partial charge in [-0.25, -0.2) is 0 Å². The minimum atomic E-state index is -0.132. The lowest BCUT2D eigenvalue weighted by Crippen LogP contribution is -2.25. The minimum absolute atomic E-state index is 0.132. The first-order chi connectivity index (χ1) is 6.20. The van der Waals surface area contributed by atoms with Gasteiger partial charge in [-0.2, -0.15) is 0 Å². The molecule has 2 fully saturated rings. The van der Waals surface area contributed by atoms with Crippen LogP contribution in [0.15, 0.2) is 12.7 Å². The zero-order valence-electron chi connectivity index (χ0n) is 8.03. The van der Waals surface area contributed by atoms with Gasteiger partial charge in [-0.15, -0.1) is 6.58 Å². The van der Waals surface area contributed by atoms with Crippen LogP contribution in [-0.4, -0.2) is 12.1 Å². The lowest BCUT2D eigenvalue weighted by Gasteiger charge is -2.25. The van der Waals surface area contributed by atoms with E-state index < -0.39 is 0 Å². The molecular formula is C11H16O2. The summed E-state index contributed by atoms with van der Waals surface area (Å²) >= 11 is 0. The molecule has 2 aliphatic carbocycles. The summed E-state index contributed by atoms with van der Waals surface area (Å²) in [6, 6.07) is 0. The summed E-state index contributed by atoms with van der Waals surface area (Å²) in [5.74, 6) is 1.88. The van der Waals surface area contributed by atoms with Crippen molar-refractivity contribution in [1.29, 1.82) is 0 Å². The Morgan fingerprint density at radius 3 is 2.62 bits per heavy atom. The highest BCUT2D eigenvalue weighted by molar-refractivity contribution is 5.66. The van der Waals surface area contributed by atoms with Crippen LogP contribution in [0.2, 0.25) is 0 Å². The first-order valence-corrected chi connectivity index (χ1v) is 5.00. The quantitative estimate of drug-likeness (QED) is 0.481. The van der Waals surface area contributed by atoms with Gasteiger partial charge in [0.1, 0.15) is 6.10 Å². The molecule has 2 bridgehead atoms. The average molecular weight is 180 g/mol. The van der Waals surface area contributed by atoms with Gasteiger partial charge < -0.3 is 4.74 Å². The Morgan fingerprint density at radius 1 is 1.38 bits per heavy atom. The molecule has 0 radical (unpaired) electrons. The Bertz CT molecular complexity index is 234. The van der Waals surface area contributed by atoms with Gasteiger partial charge in [-0.3, -0.25) is 4.79 Å². The van der Waals surface area contributed by atoms with Crippen LogP contribution in [0.5, 0.6) is 0 Å². The molecule has 0 spiro atoms. The molecule has 0 aromatic carbocycles. The Labute approximate surface area is 79.0 Å². The van der Waals surface area contributed by atoms with Gasteiger partial charge in [-0.05, 0) is 37.0 Å². The largest absolute Gasteiger partial charge is 0.462 e. The molecule has 0 saturated heterocycles. The molecule has 2 rings (SSSR count). The minimum Gasteiger partial charge on any atom is -0.462 e. The summed E-state index contributed by atoms with van der Waals surface area (Å²) in [5, 5.41) is 0. The molecule has 0 heterocycles. The van der Waals surface area contributed by atoms with Gasteiger partial charge in [0.2, 0.25) is 0 Å². The highest BCUT2D eigenvalue weighted by atomic mass is 16.5. The van der Waals surface area contributed by atoms with Crippen molar-refractivity contribution >= 4 is 5.97 Å². The van der Waals surface area contributed by atoms with E-state index in [1.807, 2.05) is 0 Å². The summed E-state index contributed by atoms with van der Waals surface area (Å²) in [4.78, 5) is 10.8. The van der Waals surface area contributed by atoms with Crippen LogP contribution in [0.25, 0.3) is 0 Å². The van der Waals surface area contributed by atoms with E-state index in [1.54, 1.807) is 0 Å². The third-order valence-electron chi connectivity index (χ3n) is 3.47. The maximum Gasteiger partial charge on any atom is 0.302 e. The van der Waals surface area contributed by atoms with E-state index in [4.69, 9.17) is 4.74 Å². The molecule has 0 aromatic heterocycles. The van der Waals surface area contributed by atoms with E-state index >= 15 is 0 Å². The van der Waals surface area contributed by atoms with Crippen molar-refractivity contribution in [2.75, 3.05) is 0 Å². The molecule has 13 heavy (non-hydrogen) atoms. The van der Waals surface area contributed by atoms with Gasteiger partial charge in [0.15, 0.2) is 0 Å². The van der Waals surface area contributed by atoms with E-state index in [-0.39, 0.29) is 12.1 Å². The van der Waals surface area contributed by atoms with Crippen molar-refractivity contribution in [2.45, 2.75) is 32.3 Å². The maximum absolute atomic E-state index is 10.8. The summed E-state index contributed by atoms with van der Waals surface area (Å²) < 4.78 is 5.26. The maximum atomic E-state index is 10.8. The van der Waals surface area contributed by atoms with E-state index in [1.165, 1.54) is 19.8 Å². The standard InChI is InChI=1S/C11H16O2/c1-3-8-4-10-5-9(8)6-11(10)13-7(2)12/h3,8-11H,1,4-6H2,2H3/t8-,9+,10-,11-/m1/s1. The lowest BCUT2D eigenvalue weighted by molar-refractivity contribution is -0.149. The number of carbonyl (C=O) groups excluding carboxylic acids is 1. The van der Waals surface area contributed by atoms with Gasteiger partial charge >= 0.3 is 5.97 Å². The number of esters is 1. The molecule has 0 N–H and O–H groups in total. The van der Waals surface area contributed by atoms with Crippen molar-refractivity contribution in [3.63, 3.8) is 0 Å². The fourth-order valence-electron chi connectivity index (χ4n) is 2.91. The van der Waals surface area contributed by atoms with Crippen LogP contribution in [0, 0.1) is 17.8 Å². The van der Waals surface area contributed by atoms with E-state index in [9.17, 15) is 4.79 Å². The summed E-state index contributed by atoms with van der Waals surface area (Å²) in [7, 11) is 0. The van der Waals surface area contributed by atoms with Crippen molar-refractivity contribution in [3.05, 3.63) is 12.7 Å². The number of rotatable bonds is 2. The van der Waals surface area contributed by atoms with Crippen molar-refractivity contribution < 1.29 is 9.53 Å². The Morgan fingerprint density at radius 2 is 2.15 bits per heavy atom. The van der Waals surface area contributed by atoms with Gasteiger partial charge in [-0.1, -0.05) is 6.08 Å². The molecule has 2 nitrogen and oxygen atoms in total. The fourth-order valence-corrected chi connectivity index (χ4v) is 2.91. The number of hydrogen-bond acceptors (Lipinski definition) is 2. The highest BCUT2D eigenvalue weighted by Gasteiger charge is 2.46. The topological polar surface area (TPSA) is 26.3 Å². The Kier molecular flexibility index (Phi) is 2.14. The fraction of sp³-hybridized carbons (Fsp3) is 0.727. The predicted octanol–water partition coefficient (Wildman–Crippen LogP) is 2.15. The van der Waals surface area contributed by atoms with Gasteiger partial charge in [0, 0.05) is 6.92 Å². The third-order valence-corrected chi connectivity index (χ3v) is 3.47. The number of carbonyl (C=O) groups is 1. The highest BCUT2D eigenvalue weighted by Crippen LogP contribution is 2.49. The van der Waals surface area contributed by atoms with Crippen molar-refractivity contribution in [2.24, 2.45) is 17.8 Å². The average Bonchev–Trinajstić information content (AvgIpc) is 2.60. The number of hydrogen-bond donors (Lipinski definition) is 0. The SMILES string of the molecule is C=C[C@@H]1C[C@@H]2C[C@H]1C[C@H]2OC(C)=O. The Balaban J connectivity index is 1.95. The molecular weight excluding hydrogens is 164 g/mol. The molecule has 2 saturated carbocycles. The second-order valence-corrected chi connectivity index (χ2v) is 4.27. The molecule has 0 amide bonds. The zero-order valence-corrected chi connectivity index (χ0v) is 8.03. The summed E-state index contributed by atoms with van der Waals surface area (Å²) in [6.07, 6.45) is 5.73. The molecule has 0 unspecified atom stereocenters. The Hall–Kier alpha value is -0.790. The van der Waals surface area contributed by atoms with Crippen LogP contribution >= 0.6 is 0 Å². The van der Waals surface area contributed by atoms with Crippen LogP contribution in [0.4, 0.5) is 0 Å². The van der Waals surface area contributed by atoms with Crippen LogP contribution < -0.4 is 0 Å². The van der Waals surface area contributed by atoms with Crippen molar-refractivity contribution in [3.8, 4) is 0 Å². The van der Waals surface area contributed by atoms with Crippen LogP contribution in [0.3, 0.4) is 0 Å². The van der Waals surface area contributed by atoms with E-state index in [2.05, 4.69) is 12.7 Å². The number of fused-ring (bicyclic) bond motifs is 2. The van der Waals surface area contributed by atoms with Crippen LogP contribution in [-0.2, 0) is 9.53 Å². The summed E-state index contributed by atoms with van der Waals surface area (Å²) in [5.41, 5.74) is 0. The number of allylic oxidation sites excluding steroid dienone is 1. The second kappa shape index (κ2) is 3.17. The predicted molar refractivity (Wildman–Crippen MR) is 50.1 cm³/mol. The molecule has 2 aliphatic rings. The first kappa shape index (κ1) is 8.79. The van der Waals surface area contributed by atoms with Crippen molar-refractivity contribution in [1.82, 2.24) is 0 Å². The molecule has 72 valence electrons. The smallest absolute Gasteiger partial charge is 0.302 e. The second-order valence-electron chi connectivity index (χ2n) is 4.27. The molecule has 4 atom stereocenters. The third kappa shape index (κ3) is 1.50.